The normalized spacial score (nSPS) is 20.9. The highest BCUT2D eigenvalue weighted by molar-refractivity contribution is 5.77. The Morgan fingerprint density at radius 3 is 2.94 bits per heavy atom. The van der Waals surface area contributed by atoms with E-state index in [1.165, 1.54) is 0 Å². The summed E-state index contributed by atoms with van der Waals surface area (Å²) in [5.41, 5.74) is 1.49. The first kappa shape index (κ1) is 12.4. The minimum Gasteiger partial charge on any atom is -0.497 e. The largest absolute Gasteiger partial charge is 0.497 e. The third-order valence-corrected chi connectivity index (χ3v) is 3.16. The number of methoxy groups -OCH3 is 1. The summed E-state index contributed by atoms with van der Waals surface area (Å²) < 4.78 is 10.1. The molecular formula is C14H15NO3. The molecule has 2 atom stereocenters. The topological polar surface area (TPSA) is 59.3 Å². The molecule has 0 spiro atoms. The molecule has 0 aromatic heterocycles. The van der Waals surface area contributed by atoms with E-state index in [2.05, 4.69) is 6.07 Å². The maximum Gasteiger partial charge on any atom is 0.309 e. The van der Waals surface area contributed by atoms with Gasteiger partial charge in [0.15, 0.2) is 0 Å². The third-order valence-electron chi connectivity index (χ3n) is 3.16. The SMILES string of the molecule is CCOC(=O)[C@H]1C[C@@H]1c1cc(OC)ccc1C#N. The van der Waals surface area contributed by atoms with Gasteiger partial charge >= 0.3 is 5.97 Å². The maximum absolute atomic E-state index is 11.6. The lowest BCUT2D eigenvalue weighted by Gasteiger charge is -2.06. The number of esters is 1. The number of hydrogen-bond donors (Lipinski definition) is 0. The average molecular weight is 245 g/mol. The molecule has 1 aromatic rings. The molecule has 4 heteroatoms. The van der Waals surface area contributed by atoms with Gasteiger partial charge in [0.2, 0.25) is 0 Å². The van der Waals surface area contributed by atoms with Crippen molar-refractivity contribution in [1.29, 1.82) is 5.26 Å². The number of carbonyl (C=O) groups excluding carboxylic acids is 1. The van der Waals surface area contributed by atoms with E-state index in [4.69, 9.17) is 14.7 Å². The van der Waals surface area contributed by atoms with Crippen LogP contribution in [0.15, 0.2) is 18.2 Å². The number of rotatable bonds is 4. The van der Waals surface area contributed by atoms with Crippen molar-refractivity contribution in [3.8, 4) is 11.8 Å². The Morgan fingerprint density at radius 1 is 1.56 bits per heavy atom. The summed E-state index contributed by atoms with van der Waals surface area (Å²) in [6, 6.07) is 7.47. The van der Waals surface area contributed by atoms with E-state index in [0.717, 1.165) is 12.0 Å². The van der Waals surface area contributed by atoms with Crippen LogP contribution in [0.25, 0.3) is 0 Å². The fraction of sp³-hybridized carbons (Fsp3) is 0.429. The first-order chi connectivity index (χ1) is 8.71. The Balaban J connectivity index is 2.20. The Morgan fingerprint density at radius 2 is 2.33 bits per heavy atom. The summed E-state index contributed by atoms with van der Waals surface area (Å²) in [4.78, 5) is 11.6. The van der Waals surface area contributed by atoms with Crippen LogP contribution in [0.2, 0.25) is 0 Å². The van der Waals surface area contributed by atoms with Gasteiger partial charge in [0.25, 0.3) is 0 Å². The lowest BCUT2D eigenvalue weighted by Crippen LogP contribution is -2.07. The highest BCUT2D eigenvalue weighted by Crippen LogP contribution is 2.49. The van der Waals surface area contributed by atoms with Gasteiger partial charge in [-0.25, -0.2) is 0 Å². The Hall–Kier alpha value is -2.02. The van der Waals surface area contributed by atoms with E-state index in [0.29, 0.717) is 17.9 Å². The van der Waals surface area contributed by atoms with E-state index in [1.54, 1.807) is 26.2 Å². The molecule has 4 nitrogen and oxygen atoms in total. The molecule has 1 aliphatic carbocycles. The molecule has 1 aliphatic rings. The second-order valence-electron chi connectivity index (χ2n) is 4.27. The van der Waals surface area contributed by atoms with E-state index in [-0.39, 0.29) is 17.8 Å². The number of nitrogens with zero attached hydrogens (tertiary/aromatic N) is 1. The van der Waals surface area contributed by atoms with Gasteiger partial charge in [0.05, 0.1) is 31.3 Å². The Bertz CT molecular complexity index is 504. The second kappa shape index (κ2) is 5.09. The summed E-state index contributed by atoms with van der Waals surface area (Å²) in [6.07, 6.45) is 0.751. The van der Waals surface area contributed by atoms with Gasteiger partial charge in [-0.2, -0.15) is 5.26 Å². The molecule has 94 valence electrons. The molecule has 2 rings (SSSR count). The molecule has 0 radical (unpaired) electrons. The molecule has 1 fully saturated rings. The van der Waals surface area contributed by atoms with E-state index in [9.17, 15) is 4.79 Å². The van der Waals surface area contributed by atoms with Crippen molar-refractivity contribution in [2.75, 3.05) is 13.7 Å². The number of ether oxygens (including phenoxy) is 2. The van der Waals surface area contributed by atoms with Gasteiger partial charge < -0.3 is 9.47 Å². The average Bonchev–Trinajstić information content (AvgIpc) is 3.18. The van der Waals surface area contributed by atoms with Crippen LogP contribution in [0.4, 0.5) is 0 Å². The van der Waals surface area contributed by atoms with Crippen LogP contribution in [0.3, 0.4) is 0 Å². The van der Waals surface area contributed by atoms with Gasteiger partial charge in [0.1, 0.15) is 5.75 Å². The zero-order chi connectivity index (χ0) is 13.1. The maximum atomic E-state index is 11.6. The van der Waals surface area contributed by atoms with Crippen molar-refractivity contribution < 1.29 is 14.3 Å². The highest BCUT2D eigenvalue weighted by atomic mass is 16.5. The van der Waals surface area contributed by atoms with Crippen molar-refractivity contribution in [2.45, 2.75) is 19.3 Å². The second-order valence-corrected chi connectivity index (χ2v) is 4.27. The van der Waals surface area contributed by atoms with Crippen LogP contribution < -0.4 is 4.74 Å². The Labute approximate surface area is 106 Å². The van der Waals surface area contributed by atoms with Crippen LogP contribution in [-0.4, -0.2) is 19.7 Å². The van der Waals surface area contributed by atoms with Crippen molar-refractivity contribution in [3.05, 3.63) is 29.3 Å². The molecule has 0 bridgehead atoms. The molecule has 1 aromatic carbocycles. The number of nitriles is 1. The van der Waals surface area contributed by atoms with Gasteiger partial charge in [-0.05, 0) is 43.0 Å². The lowest BCUT2D eigenvalue weighted by molar-refractivity contribution is -0.144. The summed E-state index contributed by atoms with van der Waals surface area (Å²) in [6.45, 7) is 2.19. The Kier molecular flexibility index (Phi) is 3.52. The van der Waals surface area contributed by atoms with Gasteiger partial charge in [-0.3, -0.25) is 4.79 Å². The number of hydrogen-bond acceptors (Lipinski definition) is 4. The predicted octanol–water partition coefficient (Wildman–Crippen LogP) is 2.23. The van der Waals surface area contributed by atoms with E-state index in [1.807, 2.05) is 6.07 Å². The molecule has 1 saturated carbocycles. The van der Waals surface area contributed by atoms with Gasteiger partial charge in [-0.1, -0.05) is 0 Å². The molecule has 0 aliphatic heterocycles. The lowest BCUT2D eigenvalue weighted by atomic mass is 10.0. The zero-order valence-corrected chi connectivity index (χ0v) is 10.5. The monoisotopic (exact) mass is 245 g/mol. The van der Waals surface area contributed by atoms with Crippen LogP contribution in [-0.2, 0) is 9.53 Å². The van der Waals surface area contributed by atoms with E-state index >= 15 is 0 Å². The summed E-state index contributed by atoms with van der Waals surface area (Å²) in [5, 5.41) is 9.08. The van der Waals surface area contributed by atoms with Crippen LogP contribution in [0, 0.1) is 17.2 Å². The van der Waals surface area contributed by atoms with Crippen LogP contribution in [0.5, 0.6) is 5.75 Å². The van der Waals surface area contributed by atoms with Gasteiger partial charge in [0, 0.05) is 0 Å². The molecule has 0 unspecified atom stereocenters. The highest BCUT2D eigenvalue weighted by Gasteiger charge is 2.46. The summed E-state index contributed by atoms with van der Waals surface area (Å²) in [7, 11) is 1.58. The summed E-state index contributed by atoms with van der Waals surface area (Å²) >= 11 is 0. The first-order valence-electron chi connectivity index (χ1n) is 5.96. The van der Waals surface area contributed by atoms with Crippen molar-refractivity contribution in [2.24, 2.45) is 5.92 Å². The van der Waals surface area contributed by atoms with E-state index < -0.39 is 0 Å². The smallest absolute Gasteiger partial charge is 0.309 e. The fourth-order valence-electron chi connectivity index (χ4n) is 2.12. The van der Waals surface area contributed by atoms with Crippen LogP contribution in [0.1, 0.15) is 30.4 Å². The van der Waals surface area contributed by atoms with Crippen LogP contribution >= 0.6 is 0 Å². The fourth-order valence-corrected chi connectivity index (χ4v) is 2.12. The van der Waals surface area contributed by atoms with Crippen molar-refractivity contribution >= 4 is 5.97 Å². The minimum absolute atomic E-state index is 0.0915. The van der Waals surface area contributed by atoms with Gasteiger partial charge in [-0.15, -0.1) is 0 Å². The molecule has 0 amide bonds. The third kappa shape index (κ3) is 2.30. The number of benzene rings is 1. The molecular weight excluding hydrogens is 230 g/mol. The predicted molar refractivity (Wildman–Crippen MR) is 65.2 cm³/mol. The minimum atomic E-state index is -0.172. The standard InChI is InChI=1S/C14H15NO3/c1-3-18-14(16)13-7-12(13)11-6-10(17-2)5-4-9(11)8-15/h4-6,12-13H,3,7H2,1-2H3/t12-,13+/m1/s1. The molecule has 0 saturated heterocycles. The number of carbonyl (C=O) groups is 1. The molecule has 0 heterocycles. The summed E-state index contributed by atoms with van der Waals surface area (Å²) in [5.74, 6) is 0.519. The zero-order valence-electron chi connectivity index (χ0n) is 10.5. The van der Waals surface area contributed by atoms with Crippen molar-refractivity contribution in [1.82, 2.24) is 0 Å². The quantitative estimate of drug-likeness (QED) is 0.763. The first-order valence-corrected chi connectivity index (χ1v) is 5.96. The molecule has 18 heavy (non-hydrogen) atoms. The molecule has 0 N–H and O–H groups in total. The van der Waals surface area contributed by atoms with Crippen molar-refractivity contribution in [3.63, 3.8) is 0 Å².